The number of rotatable bonds is 8. The molecule has 27 heavy (non-hydrogen) atoms. The van der Waals surface area contributed by atoms with Crippen molar-refractivity contribution in [3.05, 3.63) is 35.7 Å². The van der Waals surface area contributed by atoms with Crippen LogP contribution in [0.4, 0.5) is 14.5 Å². The van der Waals surface area contributed by atoms with Crippen molar-refractivity contribution in [1.29, 1.82) is 0 Å². The third kappa shape index (κ3) is 5.16. The largest absolute Gasteiger partial charge is 0.490 e. The standard InChI is InChI=1S/C17H19F2N3O5/c1-4-25-14-8-10(6-7-13(14)27-17(18)19)20-15(23)11-9-12(22(3)21-11)16(24)26-5-2/h6-9,17H,4-5H2,1-3H3,(H,20,23). The van der Waals surface area contributed by atoms with Crippen LogP contribution in [0.1, 0.15) is 34.8 Å². The summed E-state index contributed by atoms with van der Waals surface area (Å²) >= 11 is 0. The number of carbonyl (C=O) groups excluding carboxylic acids is 2. The van der Waals surface area contributed by atoms with E-state index in [2.05, 4.69) is 15.2 Å². The van der Waals surface area contributed by atoms with E-state index in [1.54, 1.807) is 13.8 Å². The third-order valence-electron chi connectivity index (χ3n) is 3.31. The van der Waals surface area contributed by atoms with Crippen molar-refractivity contribution in [1.82, 2.24) is 9.78 Å². The van der Waals surface area contributed by atoms with E-state index in [0.29, 0.717) is 0 Å². The van der Waals surface area contributed by atoms with E-state index < -0.39 is 18.5 Å². The van der Waals surface area contributed by atoms with Gasteiger partial charge < -0.3 is 19.5 Å². The van der Waals surface area contributed by atoms with Gasteiger partial charge in [-0.25, -0.2) is 4.79 Å². The Balaban J connectivity index is 2.19. The van der Waals surface area contributed by atoms with Crippen LogP contribution in [-0.4, -0.2) is 41.5 Å². The van der Waals surface area contributed by atoms with Gasteiger partial charge in [-0.05, 0) is 26.0 Å². The molecule has 0 aliphatic rings. The number of esters is 1. The van der Waals surface area contributed by atoms with Gasteiger partial charge in [-0.1, -0.05) is 0 Å². The summed E-state index contributed by atoms with van der Waals surface area (Å²) in [5.41, 5.74) is 0.400. The Kier molecular flexibility index (Phi) is 6.69. The van der Waals surface area contributed by atoms with E-state index in [1.165, 1.54) is 36.0 Å². The molecule has 1 aromatic carbocycles. The highest BCUT2D eigenvalue weighted by atomic mass is 19.3. The number of benzene rings is 1. The number of carbonyl (C=O) groups is 2. The van der Waals surface area contributed by atoms with Crippen molar-refractivity contribution >= 4 is 17.6 Å². The molecule has 0 fully saturated rings. The Morgan fingerprint density at radius 2 is 1.93 bits per heavy atom. The number of hydrogen-bond acceptors (Lipinski definition) is 6. The van der Waals surface area contributed by atoms with E-state index >= 15 is 0 Å². The van der Waals surface area contributed by atoms with Crippen molar-refractivity contribution in [3.63, 3.8) is 0 Å². The molecular formula is C17H19F2N3O5. The van der Waals surface area contributed by atoms with E-state index in [9.17, 15) is 18.4 Å². The molecule has 0 bridgehead atoms. The number of aromatic nitrogens is 2. The molecule has 0 atom stereocenters. The number of halogens is 2. The van der Waals surface area contributed by atoms with Crippen LogP contribution in [0.2, 0.25) is 0 Å². The van der Waals surface area contributed by atoms with Crippen molar-refractivity contribution in [3.8, 4) is 11.5 Å². The average molecular weight is 383 g/mol. The van der Waals surface area contributed by atoms with Crippen LogP contribution in [0, 0.1) is 0 Å². The quantitative estimate of drug-likeness (QED) is 0.705. The maximum absolute atomic E-state index is 12.4. The van der Waals surface area contributed by atoms with Gasteiger partial charge in [0.15, 0.2) is 17.2 Å². The fraction of sp³-hybridized carbons (Fsp3) is 0.353. The predicted molar refractivity (Wildman–Crippen MR) is 91.4 cm³/mol. The van der Waals surface area contributed by atoms with E-state index in [1.807, 2.05) is 0 Å². The number of anilines is 1. The number of amides is 1. The maximum Gasteiger partial charge on any atom is 0.387 e. The smallest absolute Gasteiger partial charge is 0.387 e. The second kappa shape index (κ2) is 8.97. The lowest BCUT2D eigenvalue weighted by Gasteiger charge is -2.13. The molecule has 0 saturated heterocycles. The molecule has 2 rings (SSSR count). The van der Waals surface area contributed by atoms with Gasteiger partial charge in [-0.15, -0.1) is 0 Å². The second-order valence-electron chi connectivity index (χ2n) is 5.19. The first-order valence-corrected chi connectivity index (χ1v) is 8.09. The summed E-state index contributed by atoms with van der Waals surface area (Å²) in [7, 11) is 1.51. The van der Waals surface area contributed by atoms with Gasteiger partial charge in [0.25, 0.3) is 5.91 Å². The highest BCUT2D eigenvalue weighted by Gasteiger charge is 2.19. The molecule has 0 unspecified atom stereocenters. The fourth-order valence-corrected chi connectivity index (χ4v) is 2.22. The molecule has 0 aliphatic heterocycles. The first-order chi connectivity index (χ1) is 12.8. The molecule has 2 aromatic rings. The van der Waals surface area contributed by atoms with Crippen LogP contribution in [-0.2, 0) is 11.8 Å². The molecule has 8 nitrogen and oxygen atoms in total. The van der Waals surface area contributed by atoms with Crippen LogP contribution >= 0.6 is 0 Å². The molecule has 1 N–H and O–H groups in total. The van der Waals surface area contributed by atoms with Crippen LogP contribution in [0.15, 0.2) is 24.3 Å². The molecule has 1 amide bonds. The summed E-state index contributed by atoms with van der Waals surface area (Å²) < 4.78 is 40.6. The number of aryl methyl sites for hydroxylation is 1. The van der Waals surface area contributed by atoms with E-state index in [4.69, 9.17) is 9.47 Å². The van der Waals surface area contributed by atoms with Crippen molar-refractivity contribution < 1.29 is 32.6 Å². The average Bonchev–Trinajstić information content (AvgIpc) is 2.99. The Hall–Kier alpha value is -3.17. The lowest BCUT2D eigenvalue weighted by molar-refractivity contribution is -0.0514. The number of nitrogens with one attached hydrogen (secondary N) is 1. The zero-order valence-corrected chi connectivity index (χ0v) is 15.0. The van der Waals surface area contributed by atoms with Gasteiger partial charge in [-0.3, -0.25) is 9.48 Å². The summed E-state index contributed by atoms with van der Waals surface area (Å²) in [6.45, 7) is 0.764. The van der Waals surface area contributed by atoms with Crippen molar-refractivity contribution in [2.24, 2.45) is 7.05 Å². The number of nitrogens with zero attached hydrogens (tertiary/aromatic N) is 2. The lowest BCUT2D eigenvalue weighted by Crippen LogP contribution is -2.13. The van der Waals surface area contributed by atoms with Crippen LogP contribution in [0.3, 0.4) is 0 Å². The highest BCUT2D eigenvalue weighted by molar-refractivity contribution is 6.04. The monoisotopic (exact) mass is 383 g/mol. The summed E-state index contributed by atoms with van der Waals surface area (Å²) in [5, 5.41) is 6.53. The highest BCUT2D eigenvalue weighted by Crippen LogP contribution is 2.32. The van der Waals surface area contributed by atoms with Gasteiger partial charge >= 0.3 is 12.6 Å². The van der Waals surface area contributed by atoms with Gasteiger partial charge in [0.05, 0.1) is 13.2 Å². The molecule has 0 aliphatic carbocycles. The summed E-state index contributed by atoms with van der Waals surface area (Å²) in [6.07, 6.45) is 0. The maximum atomic E-state index is 12.4. The van der Waals surface area contributed by atoms with Gasteiger partial charge in [0.2, 0.25) is 0 Å². The number of alkyl halides is 2. The van der Waals surface area contributed by atoms with Gasteiger partial charge in [0, 0.05) is 24.9 Å². The minimum atomic E-state index is -3.00. The molecule has 146 valence electrons. The summed E-state index contributed by atoms with van der Waals surface area (Å²) in [4.78, 5) is 24.2. The van der Waals surface area contributed by atoms with E-state index in [0.717, 1.165) is 0 Å². The van der Waals surface area contributed by atoms with Crippen LogP contribution in [0.5, 0.6) is 11.5 Å². The topological polar surface area (TPSA) is 91.7 Å². The molecule has 0 radical (unpaired) electrons. The first-order valence-electron chi connectivity index (χ1n) is 8.09. The molecule has 10 heteroatoms. The number of hydrogen-bond donors (Lipinski definition) is 1. The molecule has 0 spiro atoms. The van der Waals surface area contributed by atoms with Crippen molar-refractivity contribution in [2.45, 2.75) is 20.5 Å². The van der Waals surface area contributed by atoms with Crippen LogP contribution < -0.4 is 14.8 Å². The molecule has 0 saturated carbocycles. The fourth-order valence-electron chi connectivity index (χ4n) is 2.22. The molecule has 1 heterocycles. The normalized spacial score (nSPS) is 10.6. The summed E-state index contributed by atoms with van der Waals surface area (Å²) in [5.74, 6) is -1.28. The molecular weight excluding hydrogens is 364 g/mol. The summed E-state index contributed by atoms with van der Waals surface area (Å²) in [6, 6.07) is 5.29. The zero-order valence-electron chi connectivity index (χ0n) is 15.0. The van der Waals surface area contributed by atoms with Gasteiger partial charge in [-0.2, -0.15) is 13.9 Å². The Bertz CT molecular complexity index is 823. The van der Waals surface area contributed by atoms with E-state index in [-0.39, 0.29) is 41.8 Å². The SMILES string of the molecule is CCOC(=O)c1cc(C(=O)Nc2ccc(OC(F)F)c(OCC)c2)nn1C. The minimum Gasteiger partial charge on any atom is -0.490 e. The third-order valence-corrected chi connectivity index (χ3v) is 3.31. The van der Waals surface area contributed by atoms with Crippen LogP contribution in [0.25, 0.3) is 0 Å². The second-order valence-corrected chi connectivity index (χ2v) is 5.19. The minimum absolute atomic E-state index is 0.00794. The zero-order chi connectivity index (χ0) is 20.0. The predicted octanol–water partition coefficient (Wildman–Crippen LogP) is 2.85. The Labute approximate surface area is 154 Å². The van der Waals surface area contributed by atoms with Gasteiger partial charge in [0.1, 0.15) is 5.69 Å². The first kappa shape index (κ1) is 20.1. The Morgan fingerprint density at radius 3 is 2.56 bits per heavy atom. The van der Waals surface area contributed by atoms with Crippen molar-refractivity contribution in [2.75, 3.05) is 18.5 Å². The number of ether oxygens (including phenoxy) is 3. The molecule has 1 aromatic heterocycles. The Morgan fingerprint density at radius 1 is 1.19 bits per heavy atom. The lowest BCUT2D eigenvalue weighted by atomic mass is 10.2.